The molecule has 1 aliphatic carbocycles. The molecule has 0 fully saturated rings. The van der Waals surface area contributed by atoms with Crippen LogP contribution >= 0.6 is 0 Å². The number of aromatic carboxylic acids is 1. The average Bonchev–Trinajstić information content (AvgIpc) is 2.64. The molecule has 0 amide bonds. The predicted octanol–water partition coefficient (Wildman–Crippen LogP) is 3.12. The first-order valence-electron chi connectivity index (χ1n) is 6.87. The van der Waals surface area contributed by atoms with Gasteiger partial charge in [0.2, 0.25) is 0 Å². The van der Waals surface area contributed by atoms with Crippen molar-refractivity contribution in [3.05, 3.63) is 46.8 Å². The van der Waals surface area contributed by atoms with E-state index < -0.39 is 17.6 Å². The lowest BCUT2D eigenvalue weighted by Gasteiger charge is -2.08. The summed E-state index contributed by atoms with van der Waals surface area (Å²) in [6.45, 7) is 0. The zero-order valence-electron chi connectivity index (χ0n) is 11.3. The van der Waals surface area contributed by atoms with E-state index in [1.807, 2.05) is 0 Å². The highest BCUT2D eigenvalue weighted by atomic mass is 19.1. The fraction of sp³-hybridized carbons (Fsp3) is 0.333. The number of aromatic nitrogens is 2. The summed E-state index contributed by atoms with van der Waals surface area (Å²) in [5.41, 5.74) is 1.22. The highest BCUT2D eigenvalue weighted by molar-refractivity contribution is 5.87. The lowest BCUT2D eigenvalue weighted by molar-refractivity contribution is 0.0688. The molecular formula is C15H14F2N2O2. The van der Waals surface area contributed by atoms with E-state index in [-0.39, 0.29) is 11.4 Å². The van der Waals surface area contributed by atoms with Crippen LogP contribution < -0.4 is 0 Å². The zero-order chi connectivity index (χ0) is 15.0. The van der Waals surface area contributed by atoms with E-state index in [2.05, 4.69) is 5.10 Å². The SMILES string of the molecule is O=C(O)c1nn(-c2cc(F)ccc2F)c2c1CCCCC2. The molecule has 0 bridgehead atoms. The minimum Gasteiger partial charge on any atom is -0.476 e. The van der Waals surface area contributed by atoms with Gasteiger partial charge in [-0.3, -0.25) is 0 Å². The van der Waals surface area contributed by atoms with Crippen LogP contribution in [-0.4, -0.2) is 20.9 Å². The highest BCUT2D eigenvalue weighted by Crippen LogP contribution is 2.27. The molecule has 110 valence electrons. The van der Waals surface area contributed by atoms with E-state index in [9.17, 15) is 18.7 Å². The van der Waals surface area contributed by atoms with Gasteiger partial charge in [0, 0.05) is 17.3 Å². The van der Waals surface area contributed by atoms with Gasteiger partial charge < -0.3 is 5.11 Å². The van der Waals surface area contributed by atoms with E-state index >= 15 is 0 Å². The van der Waals surface area contributed by atoms with Crippen LogP contribution in [0, 0.1) is 11.6 Å². The van der Waals surface area contributed by atoms with Crippen LogP contribution in [0.4, 0.5) is 8.78 Å². The second kappa shape index (κ2) is 5.27. The Morgan fingerprint density at radius 1 is 1.19 bits per heavy atom. The molecule has 21 heavy (non-hydrogen) atoms. The molecule has 0 atom stereocenters. The molecule has 6 heteroatoms. The molecule has 1 aliphatic rings. The first kappa shape index (κ1) is 13.7. The summed E-state index contributed by atoms with van der Waals surface area (Å²) in [5.74, 6) is -2.34. The van der Waals surface area contributed by atoms with Gasteiger partial charge in [-0.05, 0) is 37.8 Å². The summed E-state index contributed by atoms with van der Waals surface area (Å²) in [4.78, 5) is 11.3. The molecule has 0 spiro atoms. The van der Waals surface area contributed by atoms with Crippen LogP contribution in [0.3, 0.4) is 0 Å². The molecule has 1 N–H and O–H groups in total. The average molecular weight is 292 g/mol. The minimum atomic E-state index is -1.14. The number of benzene rings is 1. The van der Waals surface area contributed by atoms with Gasteiger partial charge >= 0.3 is 5.97 Å². The molecule has 0 unspecified atom stereocenters. The highest BCUT2D eigenvalue weighted by Gasteiger charge is 2.25. The van der Waals surface area contributed by atoms with Gasteiger partial charge in [0.15, 0.2) is 5.69 Å². The van der Waals surface area contributed by atoms with Crippen LogP contribution in [0.1, 0.15) is 41.0 Å². The van der Waals surface area contributed by atoms with Crippen molar-refractivity contribution in [3.63, 3.8) is 0 Å². The monoisotopic (exact) mass is 292 g/mol. The van der Waals surface area contributed by atoms with Crippen molar-refractivity contribution in [2.75, 3.05) is 0 Å². The van der Waals surface area contributed by atoms with Gasteiger partial charge in [-0.25, -0.2) is 18.3 Å². The summed E-state index contributed by atoms with van der Waals surface area (Å²) in [6.07, 6.45) is 3.97. The first-order valence-corrected chi connectivity index (χ1v) is 6.87. The van der Waals surface area contributed by atoms with E-state index in [1.54, 1.807) is 0 Å². The number of carbonyl (C=O) groups is 1. The summed E-state index contributed by atoms with van der Waals surface area (Å²) in [6, 6.07) is 3.09. The Hall–Kier alpha value is -2.24. The molecule has 4 nitrogen and oxygen atoms in total. The van der Waals surface area contributed by atoms with Gasteiger partial charge in [-0.15, -0.1) is 0 Å². The molecule has 0 aliphatic heterocycles. The molecular weight excluding hydrogens is 278 g/mol. The van der Waals surface area contributed by atoms with E-state index in [4.69, 9.17) is 0 Å². The van der Waals surface area contributed by atoms with Crippen molar-refractivity contribution in [3.8, 4) is 5.69 Å². The minimum absolute atomic E-state index is 0.0411. The number of carboxylic acids is 1. The second-order valence-corrected chi connectivity index (χ2v) is 5.15. The Bertz CT molecular complexity index is 710. The largest absolute Gasteiger partial charge is 0.476 e. The molecule has 0 radical (unpaired) electrons. The Morgan fingerprint density at radius 2 is 1.95 bits per heavy atom. The number of hydrogen-bond acceptors (Lipinski definition) is 2. The third-order valence-electron chi connectivity index (χ3n) is 3.77. The van der Waals surface area contributed by atoms with Crippen molar-refractivity contribution < 1.29 is 18.7 Å². The summed E-state index contributed by atoms with van der Waals surface area (Å²) in [7, 11) is 0. The Morgan fingerprint density at radius 3 is 2.71 bits per heavy atom. The van der Waals surface area contributed by atoms with Crippen molar-refractivity contribution >= 4 is 5.97 Å². The number of nitrogens with zero attached hydrogens (tertiary/aromatic N) is 2. The Labute approximate surface area is 120 Å². The van der Waals surface area contributed by atoms with Crippen molar-refractivity contribution in [1.29, 1.82) is 0 Å². The lowest BCUT2D eigenvalue weighted by atomic mass is 10.1. The van der Waals surface area contributed by atoms with Crippen LogP contribution in [-0.2, 0) is 12.8 Å². The second-order valence-electron chi connectivity index (χ2n) is 5.15. The third kappa shape index (κ3) is 2.41. The molecule has 1 heterocycles. The maximum absolute atomic E-state index is 14.0. The Balaban J connectivity index is 2.23. The number of halogens is 2. The molecule has 2 aromatic rings. The van der Waals surface area contributed by atoms with Gasteiger partial charge in [0.25, 0.3) is 0 Å². The summed E-state index contributed by atoms with van der Waals surface area (Å²) in [5, 5.41) is 13.3. The standard InChI is InChI=1S/C15H14F2N2O2/c16-9-6-7-11(17)13(8-9)19-12-5-3-1-2-4-10(12)14(18-19)15(20)21/h6-8H,1-5H2,(H,20,21). The number of hydrogen-bond donors (Lipinski definition) is 1. The molecule has 0 saturated heterocycles. The topological polar surface area (TPSA) is 55.1 Å². The van der Waals surface area contributed by atoms with Crippen molar-refractivity contribution in [2.24, 2.45) is 0 Å². The van der Waals surface area contributed by atoms with Crippen LogP contribution in [0.25, 0.3) is 5.69 Å². The lowest BCUT2D eigenvalue weighted by Crippen LogP contribution is -2.06. The van der Waals surface area contributed by atoms with Gasteiger partial charge in [-0.2, -0.15) is 5.10 Å². The summed E-state index contributed by atoms with van der Waals surface area (Å²) < 4.78 is 28.6. The van der Waals surface area contributed by atoms with E-state index in [1.165, 1.54) is 4.68 Å². The maximum atomic E-state index is 14.0. The van der Waals surface area contributed by atoms with Crippen molar-refractivity contribution in [1.82, 2.24) is 9.78 Å². The third-order valence-corrected chi connectivity index (χ3v) is 3.77. The first-order chi connectivity index (χ1) is 10.1. The predicted molar refractivity (Wildman–Crippen MR) is 71.7 cm³/mol. The molecule has 0 saturated carbocycles. The normalized spacial score (nSPS) is 14.6. The number of rotatable bonds is 2. The Kier molecular flexibility index (Phi) is 3.45. The molecule has 1 aromatic heterocycles. The smallest absolute Gasteiger partial charge is 0.356 e. The fourth-order valence-corrected chi connectivity index (χ4v) is 2.79. The number of fused-ring (bicyclic) bond motifs is 1. The van der Waals surface area contributed by atoms with Crippen molar-refractivity contribution in [2.45, 2.75) is 32.1 Å². The maximum Gasteiger partial charge on any atom is 0.356 e. The summed E-state index contributed by atoms with van der Waals surface area (Å²) >= 11 is 0. The molecule has 3 rings (SSSR count). The van der Waals surface area contributed by atoms with Gasteiger partial charge in [0.1, 0.15) is 17.3 Å². The van der Waals surface area contributed by atoms with E-state index in [0.717, 1.165) is 37.5 Å². The van der Waals surface area contributed by atoms with E-state index in [0.29, 0.717) is 24.1 Å². The zero-order valence-corrected chi connectivity index (χ0v) is 11.3. The van der Waals surface area contributed by atoms with Crippen LogP contribution in [0.5, 0.6) is 0 Å². The van der Waals surface area contributed by atoms with Gasteiger partial charge in [0.05, 0.1) is 0 Å². The quantitative estimate of drug-likeness (QED) is 0.865. The van der Waals surface area contributed by atoms with Gasteiger partial charge in [-0.1, -0.05) is 6.42 Å². The van der Waals surface area contributed by atoms with Crippen LogP contribution in [0.15, 0.2) is 18.2 Å². The fourth-order valence-electron chi connectivity index (χ4n) is 2.79. The molecule has 1 aromatic carbocycles. The number of carboxylic acid groups (broad SMARTS) is 1. The van der Waals surface area contributed by atoms with Crippen LogP contribution in [0.2, 0.25) is 0 Å².